The highest BCUT2D eigenvalue weighted by Crippen LogP contribution is 1.50. The molecule has 0 aromatic carbocycles. The van der Waals surface area contributed by atoms with Crippen LogP contribution < -0.4 is 0 Å². The van der Waals surface area contributed by atoms with Crippen LogP contribution in [0.2, 0.25) is 0 Å². The summed E-state index contributed by atoms with van der Waals surface area (Å²) in [7, 11) is -1.54. The average Bonchev–Trinajstić information content (AvgIpc) is 1.38. The fourth-order valence-electron chi connectivity index (χ4n) is 0. The van der Waals surface area contributed by atoms with Crippen molar-refractivity contribution in [2.75, 3.05) is 0 Å². The van der Waals surface area contributed by atoms with Gasteiger partial charge in [-0.2, -0.15) is 0 Å². The highest BCUT2D eigenvalue weighted by atomic mass is 28.2. The van der Waals surface area contributed by atoms with Gasteiger partial charge in [0.15, 0.2) is 9.63 Å². The van der Waals surface area contributed by atoms with E-state index in [-0.39, 0.29) is 0 Å². The molecule has 0 saturated carbocycles. The molecule has 30 valence electrons. The Morgan fingerprint density at radius 3 is 1.60 bits per heavy atom. The molecule has 5 heteroatoms. The van der Waals surface area contributed by atoms with Crippen LogP contribution in [-0.2, 0) is 0 Å². The van der Waals surface area contributed by atoms with Gasteiger partial charge in [0.1, 0.15) is 0 Å². The Labute approximate surface area is 32.3 Å². The minimum Gasteiger partial charge on any atom is -0.440 e. The molecule has 0 fully saturated rings. The van der Waals surface area contributed by atoms with Gasteiger partial charge in [-0.05, 0) is 0 Å². The Hall–Kier alpha value is 0.162. The first-order valence-corrected chi connectivity index (χ1v) is 2.69. The molecule has 0 aliphatic carbocycles. The summed E-state index contributed by atoms with van der Waals surface area (Å²) in [5.41, 5.74) is 0. The Balaban J connectivity index is 2.54. The third kappa shape index (κ3) is 4.16. The molecule has 0 aliphatic rings. The van der Waals surface area contributed by atoms with E-state index in [1.54, 1.807) is 0 Å². The smallest absolute Gasteiger partial charge is 0.440 e. The molecule has 0 amide bonds. The summed E-state index contributed by atoms with van der Waals surface area (Å²) in [6, 6.07) is 0. The van der Waals surface area contributed by atoms with Crippen LogP contribution in [0, 0.1) is 0 Å². The fourth-order valence-corrected chi connectivity index (χ4v) is 0. The lowest BCUT2D eigenvalue weighted by molar-refractivity contribution is 0.423. The third-order valence-corrected chi connectivity index (χ3v) is 0.490. The van der Waals surface area contributed by atoms with Gasteiger partial charge in [0.25, 0.3) is 0 Å². The van der Waals surface area contributed by atoms with Crippen molar-refractivity contribution in [3.63, 3.8) is 0 Å². The molecule has 5 heavy (non-hydrogen) atoms. The molecule has 0 spiro atoms. The van der Waals surface area contributed by atoms with Gasteiger partial charge < -0.3 is 14.8 Å². The average molecular weight is 91.9 g/mol. The first kappa shape index (κ1) is 5.16. The van der Waals surface area contributed by atoms with Crippen LogP contribution in [0.5, 0.6) is 0 Å². The van der Waals surface area contributed by atoms with E-state index in [1.165, 1.54) is 0 Å². The zero-order valence-corrected chi connectivity index (χ0v) is 4.04. The summed E-state index contributed by atoms with van der Waals surface area (Å²) in [6.07, 6.45) is 0. The monoisotopic (exact) mass is 92.0 g/mol. The lowest BCUT2D eigenvalue weighted by atomic mass is 10.4. The van der Waals surface area contributed by atoms with Crippen LogP contribution in [0.15, 0.2) is 0 Å². The van der Waals surface area contributed by atoms with Crippen molar-refractivity contribution in [2.24, 2.45) is 0 Å². The normalized spacial score (nSPS) is 10.2. The molecule has 0 atom stereocenters. The number of hydrogen-bond donors (Lipinski definition) is 3. The lowest BCUT2D eigenvalue weighted by Gasteiger charge is -1.80. The van der Waals surface area contributed by atoms with Crippen LogP contribution in [-0.4, -0.2) is 31.2 Å². The Morgan fingerprint density at radius 1 is 1.40 bits per heavy atom. The van der Waals surface area contributed by atoms with Crippen molar-refractivity contribution in [3.8, 4) is 0 Å². The molecule has 0 aromatic rings. The highest BCUT2D eigenvalue weighted by molar-refractivity contribution is 7.00. The topological polar surface area (TPSA) is 60.7 Å². The summed E-state index contributed by atoms with van der Waals surface area (Å²) in [5.74, 6) is 0. The van der Waals surface area contributed by atoms with Crippen molar-refractivity contribution in [2.45, 2.75) is 0 Å². The van der Waals surface area contributed by atoms with Crippen molar-refractivity contribution in [1.82, 2.24) is 0 Å². The minimum absolute atomic E-state index is 1.42. The van der Waals surface area contributed by atoms with E-state index in [0.717, 1.165) is 0 Å². The number of rotatable bonds is 1. The first-order chi connectivity index (χ1) is 2.27. The quantitative estimate of drug-likeness (QED) is 0.303. The maximum absolute atomic E-state index is 7.78. The van der Waals surface area contributed by atoms with E-state index in [2.05, 4.69) is 0 Å². The molecule has 3 N–H and O–H groups in total. The van der Waals surface area contributed by atoms with Gasteiger partial charge in [0, 0.05) is 0 Å². The molecular weight excluding hydrogens is 86.9 g/mol. The summed E-state index contributed by atoms with van der Waals surface area (Å²) in [4.78, 5) is 7.78. The van der Waals surface area contributed by atoms with Crippen molar-refractivity contribution in [1.29, 1.82) is 0 Å². The molecule has 0 unspecified atom stereocenters. The second-order valence-corrected chi connectivity index (χ2v) is 1.76. The molecule has 0 heterocycles. The van der Waals surface area contributed by atoms with E-state index in [0.29, 0.717) is 0 Å². The van der Waals surface area contributed by atoms with Crippen molar-refractivity contribution >= 4 is 16.3 Å². The highest BCUT2D eigenvalue weighted by Gasteiger charge is 2.00. The van der Waals surface area contributed by atoms with E-state index in [9.17, 15) is 0 Å². The number of hydrogen-bond acceptors (Lipinski definition) is 3. The minimum atomic E-state index is -1.54. The Morgan fingerprint density at radius 2 is 1.60 bits per heavy atom. The third-order valence-electron chi connectivity index (χ3n) is 0.163. The van der Waals surface area contributed by atoms with Gasteiger partial charge in [-0.3, -0.25) is 0 Å². The maximum Gasteiger partial charge on any atom is 0.452 e. The molecule has 0 saturated heterocycles. The predicted molar refractivity (Wildman–Crippen MR) is 21.0 cm³/mol. The molecule has 0 aliphatic heterocycles. The van der Waals surface area contributed by atoms with Gasteiger partial charge in [-0.1, -0.05) is 0 Å². The van der Waals surface area contributed by atoms with Gasteiger partial charge in [-0.15, -0.1) is 0 Å². The standard InChI is InChI=1S/BH5O3Si/c2-1(3)5-4/h2-4H,5H2. The Bertz CT molecular complexity index is 20.9. The van der Waals surface area contributed by atoms with E-state index in [1.807, 2.05) is 0 Å². The molecule has 0 bridgehead atoms. The van der Waals surface area contributed by atoms with Crippen LogP contribution in [0.1, 0.15) is 0 Å². The van der Waals surface area contributed by atoms with Crippen molar-refractivity contribution in [3.05, 3.63) is 0 Å². The molecule has 0 radical (unpaired) electrons. The van der Waals surface area contributed by atoms with E-state index < -0.39 is 16.3 Å². The second-order valence-electron chi connectivity index (χ2n) is 0.663. The molecule has 3 nitrogen and oxygen atoms in total. The summed E-state index contributed by atoms with van der Waals surface area (Å²) < 4.78 is 0. The maximum atomic E-state index is 7.78. The predicted octanol–water partition coefficient (Wildman–Crippen LogP) is -2.97. The van der Waals surface area contributed by atoms with Crippen molar-refractivity contribution < 1.29 is 14.8 Å². The largest absolute Gasteiger partial charge is 0.452 e. The van der Waals surface area contributed by atoms with E-state index in [4.69, 9.17) is 14.8 Å². The summed E-state index contributed by atoms with van der Waals surface area (Å²) in [5, 5.41) is 15.5. The molecule has 0 rings (SSSR count). The van der Waals surface area contributed by atoms with E-state index >= 15 is 0 Å². The van der Waals surface area contributed by atoms with Gasteiger partial charge in [-0.25, -0.2) is 0 Å². The van der Waals surface area contributed by atoms with Crippen LogP contribution in [0.3, 0.4) is 0 Å². The zero-order valence-electron chi connectivity index (χ0n) is 2.63. The molecular formula is H5BO3Si. The van der Waals surface area contributed by atoms with Gasteiger partial charge in [0.05, 0.1) is 0 Å². The summed E-state index contributed by atoms with van der Waals surface area (Å²) in [6.45, 7) is -1.42. The fraction of sp³-hybridized carbons (Fsp3) is 0. The van der Waals surface area contributed by atoms with Crippen LogP contribution in [0.4, 0.5) is 0 Å². The molecule has 0 aromatic heterocycles. The SMILES string of the molecule is O[SiH2]B(O)O. The Kier molecular flexibility index (Phi) is 2.48. The van der Waals surface area contributed by atoms with Crippen LogP contribution >= 0.6 is 0 Å². The first-order valence-electron chi connectivity index (χ1n) is 1.24. The lowest BCUT2D eigenvalue weighted by Crippen LogP contribution is -2.20. The van der Waals surface area contributed by atoms with Gasteiger partial charge >= 0.3 is 6.71 Å². The van der Waals surface area contributed by atoms with Crippen LogP contribution in [0.25, 0.3) is 0 Å². The summed E-state index contributed by atoms with van der Waals surface area (Å²) >= 11 is 0. The zero-order chi connectivity index (χ0) is 4.28. The van der Waals surface area contributed by atoms with Gasteiger partial charge in [0.2, 0.25) is 0 Å². The second kappa shape index (κ2) is 2.40.